The molecule has 0 unspecified atom stereocenters. The summed E-state index contributed by atoms with van der Waals surface area (Å²) in [5, 5.41) is 0. The Balaban J connectivity index is 2.30. The fourth-order valence-electron chi connectivity index (χ4n) is 1.60. The van der Waals surface area contributed by atoms with Gasteiger partial charge in [0.05, 0.1) is 0 Å². The van der Waals surface area contributed by atoms with Crippen LogP contribution >= 0.6 is 15.9 Å². The van der Waals surface area contributed by atoms with Gasteiger partial charge in [0.1, 0.15) is 5.69 Å². The molecular formula is C10H7BrN6O. The molecule has 0 spiro atoms. The Kier molecular flexibility index (Phi) is 2.37. The number of nitrogens with zero attached hydrogens (tertiary/aromatic N) is 3. The van der Waals surface area contributed by atoms with E-state index >= 15 is 0 Å². The van der Waals surface area contributed by atoms with E-state index in [1.807, 2.05) is 6.07 Å². The van der Waals surface area contributed by atoms with E-state index in [1.54, 1.807) is 12.3 Å². The summed E-state index contributed by atoms with van der Waals surface area (Å²) in [6.07, 6.45) is 1.64. The number of hydrogen-bond donors (Lipinski definition) is 3. The molecular weight excluding hydrogens is 300 g/mol. The predicted octanol–water partition coefficient (Wildman–Crippen LogP) is 1.05. The molecule has 0 fully saturated rings. The number of nitrogens with two attached hydrogens (primary N) is 1. The van der Waals surface area contributed by atoms with Crippen molar-refractivity contribution in [2.45, 2.75) is 0 Å². The third kappa shape index (κ3) is 1.66. The fourth-order valence-corrected chi connectivity index (χ4v) is 2.04. The standard InChI is InChI=1S/C10H7BrN6O/c11-4-2-1-3-13-5(4)7-14-6-8(15-7)16-10(12)17-9(6)18/h1-3H,(H4,12,14,15,16,17,18). The molecule has 0 atom stereocenters. The average molecular weight is 307 g/mol. The van der Waals surface area contributed by atoms with Crippen LogP contribution < -0.4 is 11.3 Å². The number of hydrogen-bond acceptors (Lipinski definition) is 5. The number of imidazole rings is 1. The van der Waals surface area contributed by atoms with Gasteiger partial charge < -0.3 is 10.7 Å². The highest BCUT2D eigenvalue weighted by Gasteiger charge is 2.12. The summed E-state index contributed by atoms with van der Waals surface area (Å²) in [5.41, 5.74) is 6.25. The van der Waals surface area contributed by atoms with E-state index in [-0.39, 0.29) is 22.7 Å². The lowest BCUT2D eigenvalue weighted by Gasteiger charge is -1.97. The second-order valence-electron chi connectivity index (χ2n) is 3.57. The maximum absolute atomic E-state index is 11.7. The highest BCUT2D eigenvalue weighted by Crippen LogP contribution is 2.23. The molecule has 0 radical (unpaired) electrons. The van der Waals surface area contributed by atoms with E-state index in [0.717, 1.165) is 4.47 Å². The number of pyridine rings is 1. The summed E-state index contributed by atoms with van der Waals surface area (Å²) >= 11 is 3.37. The molecule has 0 amide bonds. The quantitative estimate of drug-likeness (QED) is 0.622. The third-order valence-corrected chi connectivity index (χ3v) is 3.00. The van der Waals surface area contributed by atoms with Gasteiger partial charge in [0.2, 0.25) is 5.95 Å². The number of aromatic nitrogens is 5. The van der Waals surface area contributed by atoms with Gasteiger partial charge in [-0.15, -0.1) is 0 Å². The maximum atomic E-state index is 11.7. The summed E-state index contributed by atoms with van der Waals surface area (Å²) in [6, 6.07) is 3.63. The van der Waals surface area contributed by atoms with Crippen molar-refractivity contribution >= 4 is 33.0 Å². The predicted molar refractivity (Wildman–Crippen MR) is 69.9 cm³/mol. The largest absolute Gasteiger partial charge is 0.369 e. The number of fused-ring (bicyclic) bond motifs is 1. The normalized spacial score (nSPS) is 10.9. The first-order chi connectivity index (χ1) is 8.65. The van der Waals surface area contributed by atoms with Crippen LogP contribution in [0.25, 0.3) is 22.7 Å². The Morgan fingerprint density at radius 3 is 2.89 bits per heavy atom. The van der Waals surface area contributed by atoms with Crippen LogP contribution in [-0.2, 0) is 0 Å². The van der Waals surface area contributed by atoms with E-state index in [0.29, 0.717) is 11.5 Å². The number of H-pyrrole nitrogens is 2. The summed E-state index contributed by atoms with van der Waals surface area (Å²) < 4.78 is 0.772. The van der Waals surface area contributed by atoms with Crippen molar-refractivity contribution in [2.24, 2.45) is 0 Å². The molecule has 3 rings (SSSR count). The van der Waals surface area contributed by atoms with Crippen molar-refractivity contribution in [2.75, 3.05) is 5.73 Å². The number of aromatic amines is 2. The van der Waals surface area contributed by atoms with Crippen LogP contribution in [0, 0.1) is 0 Å². The van der Waals surface area contributed by atoms with Gasteiger partial charge in [0.15, 0.2) is 17.0 Å². The molecule has 4 N–H and O–H groups in total. The van der Waals surface area contributed by atoms with Gasteiger partial charge in [0, 0.05) is 10.7 Å². The minimum Gasteiger partial charge on any atom is -0.369 e. The van der Waals surface area contributed by atoms with Crippen LogP contribution in [0.3, 0.4) is 0 Å². The molecule has 18 heavy (non-hydrogen) atoms. The van der Waals surface area contributed by atoms with Crippen LogP contribution in [0.15, 0.2) is 27.6 Å². The van der Waals surface area contributed by atoms with Crippen LogP contribution in [0.5, 0.6) is 0 Å². The highest BCUT2D eigenvalue weighted by atomic mass is 79.9. The van der Waals surface area contributed by atoms with E-state index in [4.69, 9.17) is 5.73 Å². The van der Waals surface area contributed by atoms with Crippen LogP contribution in [0.1, 0.15) is 0 Å². The Bertz CT molecular complexity index is 792. The first-order valence-corrected chi connectivity index (χ1v) is 5.81. The first-order valence-electron chi connectivity index (χ1n) is 5.01. The van der Waals surface area contributed by atoms with E-state index < -0.39 is 0 Å². The molecule has 0 bridgehead atoms. The zero-order valence-electron chi connectivity index (χ0n) is 8.94. The zero-order valence-corrected chi connectivity index (χ0v) is 10.5. The first kappa shape index (κ1) is 10.9. The molecule has 0 saturated heterocycles. The molecule has 0 saturated carbocycles. The van der Waals surface area contributed by atoms with Gasteiger partial charge in [-0.25, -0.2) is 4.98 Å². The van der Waals surface area contributed by atoms with Gasteiger partial charge in [-0.1, -0.05) is 0 Å². The zero-order chi connectivity index (χ0) is 12.7. The smallest absolute Gasteiger partial charge is 0.278 e. The topological polar surface area (TPSA) is 113 Å². The molecule has 0 aromatic carbocycles. The summed E-state index contributed by atoms with van der Waals surface area (Å²) in [6.45, 7) is 0. The second kappa shape index (κ2) is 3.91. The lowest BCUT2D eigenvalue weighted by atomic mass is 10.3. The maximum Gasteiger partial charge on any atom is 0.278 e. The Labute approximate surface area is 109 Å². The van der Waals surface area contributed by atoms with Crippen molar-refractivity contribution in [3.05, 3.63) is 33.2 Å². The van der Waals surface area contributed by atoms with Crippen LogP contribution in [-0.4, -0.2) is 24.9 Å². The molecule has 7 nitrogen and oxygen atoms in total. The molecule has 3 aromatic heterocycles. The lowest BCUT2D eigenvalue weighted by molar-refractivity contribution is 1.17. The lowest BCUT2D eigenvalue weighted by Crippen LogP contribution is -2.10. The van der Waals surface area contributed by atoms with Crippen molar-refractivity contribution < 1.29 is 0 Å². The Morgan fingerprint density at radius 1 is 1.28 bits per heavy atom. The number of rotatable bonds is 1. The van der Waals surface area contributed by atoms with Gasteiger partial charge in [0.25, 0.3) is 5.56 Å². The van der Waals surface area contributed by atoms with Gasteiger partial charge >= 0.3 is 0 Å². The van der Waals surface area contributed by atoms with Gasteiger partial charge in [-0.2, -0.15) is 4.98 Å². The molecule has 0 aliphatic rings. The van der Waals surface area contributed by atoms with Gasteiger partial charge in [-0.3, -0.25) is 14.8 Å². The Morgan fingerprint density at radius 2 is 2.11 bits per heavy atom. The monoisotopic (exact) mass is 306 g/mol. The molecule has 3 aromatic rings. The second-order valence-corrected chi connectivity index (χ2v) is 4.42. The van der Waals surface area contributed by atoms with E-state index in [1.165, 1.54) is 0 Å². The number of anilines is 1. The molecule has 3 heterocycles. The average Bonchev–Trinajstić information content (AvgIpc) is 2.73. The Hall–Kier alpha value is -2.22. The van der Waals surface area contributed by atoms with E-state index in [9.17, 15) is 4.79 Å². The molecule has 8 heteroatoms. The van der Waals surface area contributed by atoms with Crippen LogP contribution in [0.4, 0.5) is 5.95 Å². The van der Waals surface area contributed by atoms with Crippen molar-refractivity contribution in [3.8, 4) is 11.5 Å². The highest BCUT2D eigenvalue weighted by molar-refractivity contribution is 9.10. The number of nitrogen functional groups attached to an aromatic ring is 1. The molecule has 90 valence electrons. The van der Waals surface area contributed by atoms with Gasteiger partial charge in [-0.05, 0) is 28.1 Å². The fraction of sp³-hybridized carbons (Fsp3) is 0. The molecule has 0 aliphatic heterocycles. The minimum atomic E-state index is -0.358. The number of nitrogens with one attached hydrogen (secondary N) is 2. The molecule has 0 aliphatic carbocycles. The SMILES string of the molecule is Nc1nc2nc(-c3ncccc3Br)[nH]c2c(=O)[nH]1. The van der Waals surface area contributed by atoms with E-state index in [2.05, 4.69) is 40.8 Å². The summed E-state index contributed by atoms with van der Waals surface area (Å²) in [5.74, 6) is 0.492. The van der Waals surface area contributed by atoms with Crippen molar-refractivity contribution in [3.63, 3.8) is 0 Å². The van der Waals surface area contributed by atoms with Crippen LogP contribution in [0.2, 0.25) is 0 Å². The summed E-state index contributed by atoms with van der Waals surface area (Å²) in [4.78, 5) is 29.3. The van der Waals surface area contributed by atoms with Crippen molar-refractivity contribution in [1.82, 2.24) is 24.9 Å². The summed E-state index contributed by atoms with van der Waals surface area (Å²) in [7, 11) is 0. The third-order valence-electron chi connectivity index (χ3n) is 2.36. The van der Waals surface area contributed by atoms with Crippen molar-refractivity contribution in [1.29, 1.82) is 0 Å². The number of halogens is 1. The minimum absolute atomic E-state index is 0.0330.